The number of hydrogen-bond donors (Lipinski definition) is 1. The van der Waals surface area contributed by atoms with Crippen LogP contribution in [0.5, 0.6) is 0 Å². The first-order valence-electron chi connectivity index (χ1n) is 10.1. The highest BCUT2D eigenvalue weighted by molar-refractivity contribution is 5.91. The Morgan fingerprint density at radius 3 is 2.20 bits per heavy atom. The zero-order valence-corrected chi connectivity index (χ0v) is 17.5. The molecule has 1 N–H and O–H groups in total. The van der Waals surface area contributed by atoms with Gasteiger partial charge in [0.2, 0.25) is 0 Å². The molecule has 0 fully saturated rings. The summed E-state index contributed by atoms with van der Waals surface area (Å²) >= 11 is 0. The van der Waals surface area contributed by atoms with E-state index in [-0.39, 0.29) is 17.2 Å². The maximum absolute atomic E-state index is 13.0. The van der Waals surface area contributed by atoms with Crippen LogP contribution in [0.15, 0.2) is 76.4 Å². The highest BCUT2D eigenvalue weighted by Crippen LogP contribution is 2.28. The first-order chi connectivity index (χ1) is 14.5. The Kier molecular flexibility index (Phi) is 5.31. The van der Waals surface area contributed by atoms with Crippen LogP contribution in [-0.2, 0) is 20.1 Å². The van der Waals surface area contributed by atoms with Crippen molar-refractivity contribution in [3.05, 3.63) is 93.3 Å². The molecule has 0 amide bonds. The van der Waals surface area contributed by atoms with E-state index in [0.717, 1.165) is 17.1 Å². The van der Waals surface area contributed by atoms with Gasteiger partial charge in [-0.3, -0.25) is 13.9 Å². The van der Waals surface area contributed by atoms with E-state index < -0.39 is 0 Å². The first kappa shape index (κ1) is 19.8. The average Bonchev–Trinajstić information content (AvgIpc) is 3.09. The minimum Gasteiger partial charge on any atom is -0.340 e. The van der Waals surface area contributed by atoms with Crippen LogP contribution in [-0.4, -0.2) is 13.7 Å². The van der Waals surface area contributed by atoms with Gasteiger partial charge < -0.3 is 9.88 Å². The molecule has 0 saturated carbocycles. The molecule has 2 aromatic heterocycles. The minimum atomic E-state index is -0.297. The Hall–Kier alpha value is -3.54. The molecule has 4 rings (SSSR count). The number of fused-ring (bicyclic) bond motifs is 1. The molecule has 4 aromatic rings. The smallest absolute Gasteiger partial charge is 0.331 e. The molecule has 0 aliphatic heterocycles. The summed E-state index contributed by atoms with van der Waals surface area (Å²) in [6, 6.07) is 19.9. The molecule has 30 heavy (non-hydrogen) atoms. The summed E-state index contributed by atoms with van der Waals surface area (Å²) in [6.45, 7) is 5.25. The van der Waals surface area contributed by atoms with Gasteiger partial charge in [-0.2, -0.15) is 0 Å². The fourth-order valence-corrected chi connectivity index (χ4v) is 3.75. The van der Waals surface area contributed by atoms with E-state index in [1.54, 1.807) is 11.6 Å². The van der Waals surface area contributed by atoms with E-state index in [1.165, 1.54) is 4.57 Å². The molecule has 0 bridgehead atoms. The number of aromatic nitrogens is 3. The van der Waals surface area contributed by atoms with Crippen LogP contribution in [0.3, 0.4) is 0 Å². The molecule has 0 radical (unpaired) electrons. The van der Waals surface area contributed by atoms with Crippen molar-refractivity contribution in [2.24, 2.45) is 13.0 Å². The summed E-state index contributed by atoms with van der Waals surface area (Å²) in [4.78, 5) is 26.0. The summed E-state index contributed by atoms with van der Waals surface area (Å²) in [7, 11) is 1.54. The van der Waals surface area contributed by atoms with Crippen LogP contribution in [0.1, 0.15) is 19.4 Å². The lowest BCUT2D eigenvalue weighted by atomic mass is 10.2. The molecule has 0 unspecified atom stereocenters. The van der Waals surface area contributed by atoms with Crippen LogP contribution >= 0.6 is 0 Å². The van der Waals surface area contributed by atoms with Gasteiger partial charge in [0, 0.05) is 32.0 Å². The number of nitrogens with zero attached hydrogens (tertiary/aromatic N) is 3. The lowest BCUT2D eigenvalue weighted by Crippen LogP contribution is -2.38. The van der Waals surface area contributed by atoms with Crippen molar-refractivity contribution in [3.63, 3.8) is 0 Å². The molecule has 0 atom stereocenters. The Morgan fingerprint density at radius 2 is 1.57 bits per heavy atom. The monoisotopic (exact) mass is 402 g/mol. The molecule has 0 spiro atoms. The molecule has 2 aromatic carbocycles. The van der Waals surface area contributed by atoms with Crippen molar-refractivity contribution in [2.45, 2.75) is 26.9 Å². The van der Waals surface area contributed by atoms with Gasteiger partial charge in [0.05, 0.1) is 5.39 Å². The van der Waals surface area contributed by atoms with Gasteiger partial charge in [0.25, 0.3) is 5.56 Å². The van der Waals surface area contributed by atoms with E-state index in [1.807, 2.05) is 59.3 Å². The van der Waals surface area contributed by atoms with E-state index >= 15 is 0 Å². The molecule has 2 heterocycles. The number of benzene rings is 2. The molecular weight excluding hydrogens is 376 g/mol. The number of anilines is 2. The summed E-state index contributed by atoms with van der Waals surface area (Å²) in [5, 5.41) is 3.99. The second-order valence-electron chi connectivity index (χ2n) is 8.00. The van der Waals surface area contributed by atoms with Crippen molar-refractivity contribution < 1.29 is 0 Å². The Balaban J connectivity index is 2.00. The molecule has 0 aliphatic rings. The van der Waals surface area contributed by atoms with E-state index in [0.29, 0.717) is 24.0 Å². The topological polar surface area (TPSA) is 61.0 Å². The van der Waals surface area contributed by atoms with Crippen molar-refractivity contribution in [2.75, 3.05) is 5.32 Å². The minimum absolute atomic E-state index is 0.255. The third kappa shape index (κ3) is 3.68. The number of hydrogen-bond acceptors (Lipinski definition) is 3. The lowest BCUT2D eigenvalue weighted by molar-refractivity contribution is 0.503. The highest BCUT2D eigenvalue weighted by atomic mass is 16.2. The fourth-order valence-electron chi connectivity index (χ4n) is 3.75. The van der Waals surface area contributed by atoms with E-state index in [4.69, 9.17) is 0 Å². The third-order valence-electron chi connectivity index (χ3n) is 5.15. The Morgan fingerprint density at radius 1 is 0.933 bits per heavy atom. The molecule has 154 valence electrons. The normalized spacial score (nSPS) is 11.3. The SMILES string of the molecule is CC(C)Cn1c(=O)n(C)c(=O)c2cn(Cc3ccccc3)c(Nc3ccccc3)c21. The number of nitrogens with one attached hydrogen (secondary N) is 1. The Labute approximate surface area is 175 Å². The van der Waals surface area contributed by atoms with Crippen LogP contribution in [0.2, 0.25) is 0 Å². The third-order valence-corrected chi connectivity index (χ3v) is 5.15. The van der Waals surface area contributed by atoms with Crippen LogP contribution < -0.4 is 16.6 Å². The van der Waals surface area contributed by atoms with Gasteiger partial charge in [0.1, 0.15) is 11.3 Å². The summed E-state index contributed by atoms with van der Waals surface area (Å²) < 4.78 is 4.93. The predicted octanol–water partition coefficient (Wildman–Crippen LogP) is 3.95. The zero-order chi connectivity index (χ0) is 21.3. The second-order valence-corrected chi connectivity index (χ2v) is 8.00. The maximum atomic E-state index is 13.0. The van der Waals surface area contributed by atoms with Gasteiger partial charge in [-0.1, -0.05) is 62.4 Å². The fraction of sp³-hybridized carbons (Fsp3) is 0.250. The Bertz CT molecular complexity index is 1280. The van der Waals surface area contributed by atoms with Gasteiger partial charge in [0.15, 0.2) is 0 Å². The lowest BCUT2D eigenvalue weighted by Gasteiger charge is -2.16. The van der Waals surface area contributed by atoms with Gasteiger partial charge in [-0.25, -0.2) is 4.79 Å². The first-order valence-corrected chi connectivity index (χ1v) is 10.1. The van der Waals surface area contributed by atoms with E-state index in [9.17, 15) is 9.59 Å². The average molecular weight is 402 g/mol. The highest BCUT2D eigenvalue weighted by Gasteiger charge is 2.20. The molecule has 6 heteroatoms. The molecule has 0 saturated heterocycles. The molecule has 0 aliphatic carbocycles. The maximum Gasteiger partial charge on any atom is 0.331 e. The van der Waals surface area contributed by atoms with Crippen molar-refractivity contribution in [1.82, 2.24) is 13.7 Å². The van der Waals surface area contributed by atoms with Crippen LogP contribution in [0.25, 0.3) is 10.9 Å². The zero-order valence-electron chi connectivity index (χ0n) is 17.5. The molecular formula is C24H26N4O2. The van der Waals surface area contributed by atoms with Crippen molar-refractivity contribution in [1.29, 1.82) is 0 Å². The van der Waals surface area contributed by atoms with Crippen molar-refractivity contribution >= 4 is 22.4 Å². The number of rotatable bonds is 6. The summed E-state index contributed by atoms with van der Waals surface area (Å²) in [6.07, 6.45) is 1.85. The van der Waals surface area contributed by atoms with Crippen LogP contribution in [0.4, 0.5) is 11.5 Å². The van der Waals surface area contributed by atoms with Gasteiger partial charge in [-0.05, 0) is 23.6 Å². The standard InChI is InChI=1S/C24H26N4O2/c1-17(2)14-28-21-20(23(29)26(3)24(28)30)16-27(15-18-10-6-4-7-11-18)22(21)25-19-12-8-5-9-13-19/h4-13,16-17,25H,14-15H2,1-3H3. The molecule has 6 nitrogen and oxygen atoms in total. The van der Waals surface area contributed by atoms with E-state index in [2.05, 4.69) is 31.3 Å². The largest absolute Gasteiger partial charge is 0.340 e. The number of para-hydroxylation sites is 1. The quantitative estimate of drug-likeness (QED) is 0.531. The van der Waals surface area contributed by atoms with Gasteiger partial charge >= 0.3 is 5.69 Å². The second kappa shape index (κ2) is 8.06. The van der Waals surface area contributed by atoms with Crippen LogP contribution in [0, 0.1) is 5.92 Å². The summed E-state index contributed by atoms with van der Waals surface area (Å²) in [5.41, 5.74) is 2.09. The predicted molar refractivity (Wildman–Crippen MR) is 122 cm³/mol. The summed E-state index contributed by atoms with van der Waals surface area (Å²) in [5.74, 6) is 1.00. The van der Waals surface area contributed by atoms with Crippen molar-refractivity contribution in [3.8, 4) is 0 Å². The van der Waals surface area contributed by atoms with Gasteiger partial charge in [-0.15, -0.1) is 0 Å².